The van der Waals surface area contributed by atoms with E-state index in [-0.39, 0.29) is 5.91 Å². The van der Waals surface area contributed by atoms with E-state index in [9.17, 15) is 4.79 Å². The summed E-state index contributed by atoms with van der Waals surface area (Å²) < 4.78 is 0. The third-order valence-corrected chi connectivity index (χ3v) is 3.98. The number of amides is 1. The fourth-order valence-corrected chi connectivity index (χ4v) is 2.70. The second kappa shape index (κ2) is 6.56. The highest BCUT2D eigenvalue weighted by Gasteiger charge is 2.21. The summed E-state index contributed by atoms with van der Waals surface area (Å²) >= 11 is 0. The molecule has 0 unspecified atom stereocenters. The van der Waals surface area contributed by atoms with Gasteiger partial charge in [-0.2, -0.15) is 0 Å². The number of hydrogen-bond acceptors (Lipinski definition) is 4. The summed E-state index contributed by atoms with van der Waals surface area (Å²) in [7, 11) is 0. The molecule has 2 heterocycles. The second-order valence-corrected chi connectivity index (χ2v) is 5.35. The number of piperazine rings is 1. The lowest BCUT2D eigenvalue weighted by Crippen LogP contribution is -2.48. The summed E-state index contributed by atoms with van der Waals surface area (Å²) in [5, 5.41) is 0. The standard InChI is InChI=1S/C17H20N4O/c1-2-17(22)21-10-8-20(9-11-21)16-12-15(18-13-19-16)14-6-4-3-5-7-14/h3-7,12-13H,2,8-11H2,1H3. The van der Waals surface area contributed by atoms with E-state index in [0.29, 0.717) is 6.42 Å². The van der Waals surface area contributed by atoms with Gasteiger partial charge >= 0.3 is 0 Å². The summed E-state index contributed by atoms with van der Waals surface area (Å²) in [4.78, 5) is 24.6. The normalized spacial score (nSPS) is 15.0. The van der Waals surface area contributed by atoms with Crippen LogP contribution in [-0.4, -0.2) is 47.0 Å². The summed E-state index contributed by atoms with van der Waals surface area (Å²) in [5.74, 6) is 1.16. The molecule has 1 saturated heterocycles. The van der Waals surface area contributed by atoms with E-state index in [1.165, 1.54) is 0 Å². The first-order valence-corrected chi connectivity index (χ1v) is 7.68. The summed E-state index contributed by atoms with van der Waals surface area (Å²) in [6.45, 7) is 5.06. The fraction of sp³-hybridized carbons (Fsp3) is 0.353. The largest absolute Gasteiger partial charge is 0.353 e. The van der Waals surface area contributed by atoms with Gasteiger partial charge in [-0.05, 0) is 0 Å². The highest BCUT2D eigenvalue weighted by Crippen LogP contribution is 2.21. The molecule has 5 nitrogen and oxygen atoms in total. The Labute approximate surface area is 130 Å². The van der Waals surface area contributed by atoms with Crippen molar-refractivity contribution in [3.05, 3.63) is 42.7 Å². The van der Waals surface area contributed by atoms with E-state index in [2.05, 4.69) is 14.9 Å². The predicted molar refractivity (Wildman–Crippen MR) is 86.6 cm³/mol. The molecule has 0 bridgehead atoms. The molecular weight excluding hydrogens is 276 g/mol. The Balaban J connectivity index is 1.73. The van der Waals surface area contributed by atoms with Crippen molar-refractivity contribution < 1.29 is 4.79 Å². The van der Waals surface area contributed by atoms with Crippen molar-refractivity contribution in [3.63, 3.8) is 0 Å². The van der Waals surface area contributed by atoms with Crippen LogP contribution < -0.4 is 4.90 Å². The van der Waals surface area contributed by atoms with E-state index < -0.39 is 0 Å². The summed E-state index contributed by atoms with van der Waals surface area (Å²) in [5.41, 5.74) is 2.02. The van der Waals surface area contributed by atoms with E-state index in [1.54, 1.807) is 6.33 Å². The molecule has 1 aromatic carbocycles. The van der Waals surface area contributed by atoms with Crippen LogP contribution in [0.1, 0.15) is 13.3 Å². The number of anilines is 1. The molecule has 1 amide bonds. The number of carbonyl (C=O) groups excluding carboxylic acids is 1. The van der Waals surface area contributed by atoms with Gasteiger partial charge in [-0.3, -0.25) is 4.79 Å². The van der Waals surface area contributed by atoms with Crippen LogP contribution in [0, 0.1) is 0 Å². The molecule has 1 fully saturated rings. The number of benzene rings is 1. The number of hydrogen-bond donors (Lipinski definition) is 0. The Morgan fingerprint density at radius 3 is 2.50 bits per heavy atom. The molecule has 22 heavy (non-hydrogen) atoms. The average Bonchev–Trinajstić information content (AvgIpc) is 2.62. The maximum atomic E-state index is 11.7. The number of nitrogens with zero attached hydrogens (tertiary/aromatic N) is 4. The molecule has 114 valence electrons. The smallest absolute Gasteiger partial charge is 0.222 e. The third kappa shape index (κ3) is 3.08. The average molecular weight is 296 g/mol. The van der Waals surface area contributed by atoms with Gasteiger partial charge in [-0.15, -0.1) is 0 Å². The van der Waals surface area contributed by atoms with Crippen LogP contribution >= 0.6 is 0 Å². The van der Waals surface area contributed by atoms with Gasteiger partial charge in [-0.1, -0.05) is 37.3 Å². The molecule has 1 aliphatic heterocycles. The van der Waals surface area contributed by atoms with Crippen molar-refractivity contribution in [1.29, 1.82) is 0 Å². The zero-order chi connectivity index (χ0) is 15.4. The lowest BCUT2D eigenvalue weighted by atomic mass is 10.1. The molecule has 1 aromatic heterocycles. The molecule has 0 spiro atoms. The van der Waals surface area contributed by atoms with Crippen molar-refractivity contribution in [2.24, 2.45) is 0 Å². The SMILES string of the molecule is CCC(=O)N1CCN(c2cc(-c3ccccc3)ncn2)CC1. The molecule has 5 heteroatoms. The monoisotopic (exact) mass is 296 g/mol. The number of rotatable bonds is 3. The van der Waals surface area contributed by atoms with Gasteiger partial charge in [0.1, 0.15) is 12.1 Å². The molecule has 0 atom stereocenters. The van der Waals surface area contributed by atoms with Crippen molar-refractivity contribution in [2.75, 3.05) is 31.1 Å². The molecule has 0 radical (unpaired) electrons. The minimum atomic E-state index is 0.229. The van der Waals surface area contributed by atoms with Crippen molar-refractivity contribution in [2.45, 2.75) is 13.3 Å². The number of aromatic nitrogens is 2. The minimum Gasteiger partial charge on any atom is -0.353 e. The molecule has 0 aliphatic carbocycles. The van der Waals surface area contributed by atoms with Gasteiger partial charge in [0.2, 0.25) is 5.91 Å². The highest BCUT2D eigenvalue weighted by atomic mass is 16.2. The first-order chi connectivity index (χ1) is 10.8. The Bertz CT molecular complexity index is 636. The van der Waals surface area contributed by atoms with Gasteiger partial charge in [0.15, 0.2) is 0 Å². The lowest BCUT2D eigenvalue weighted by Gasteiger charge is -2.35. The molecule has 1 aliphatic rings. The van der Waals surface area contributed by atoms with E-state index in [0.717, 1.165) is 43.3 Å². The minimum absolute atomic E-state index is 0.229. The molecule has 3 rings (SSSR count). The topological polar surface area (TPSA) is 49.3 Å². The fourth-order valence-electron chi connectivity index (χ4n) is 2.70. The molecule has 0 saturated carbocycles. The van der Waals surface area contributed by atoms with Crippen LogP contribution in [0.25, 0.3) is 11.3 Å². The third-order valence-electron chi connectivity index (χ3n) is 3.98. The van der Waals surface area contributed by atoms with E-state index >= 15 is 0 Å². The van der Waals surface area contributed by atoms with Crippen molar-refractivity contribution >= 4 is 11.7 Å². The first kappa shape index (κ1) is 14.5. The van der Waals surface area contributed by atoms with Crippen LogP contribution in [0.4, 0.5) is 5.82 Å². The highest BCUT2D eigenvalue weighted by molar-refractivity contribution is 5.76. The first-order valence-electron chi connectivity index (χ1n) is 7.68. The Morgan fingerprint density at radius 1 is 1.09 bits per heavy atom. The zero-order valence-electron chi connectivity index (χ0n) is 12.8. The van der Waals surface area contributed by atoms with Gasteiger partial charge in [0.05, 0.1) is 5.69 Å². The number of carbonyl (C=O) groups is 1. The molecule has 2 aromatic rings. The molecule has 0 N–H and O–H groups in total. The van der Waals surface area contributed by atoms with Gasteiger partial charge in [0.25, 0.3) is 0 Å². The maximum absolute atomic E-state index is 11.7. The predicted octanol–water partition coefficient (Wildman–Crippen LogP) is 2.20. The van der Waals surface area contributed by atoms with E-state index in [1.807, 2.05) is 48.2 Å². The van der Waals surface area contributed by atoms with Gasteiger partial charge in [0, 0.05) is 44.2 Å². The lowest BCUT2D eigenvalue weighted by molar-refractivity contribution is -0.131. The second-order valence-electron chi connectivity index (χ2n) is 5.35. The molecular formula is C17H20N4O. The van der Waals surface area contributed by atoms with E-state index in [4.69, 9.17) is 0 Å². The Hall–Kier alpha value is -2.43. The Morgan fingerprint density at radius 2 is 1.82 bits per heavy atom. The van der Waals surface area contributed by atoms with Crippen LogP contribution in [0.15, 0.2) is 42.7 Å². The van der Waals surface area contributed by atoms with Gasteiger partial charge < -0.3 is 9.80 Å². The Kier molecular flexibility index (Phi) is 4.32. The quantitative estimate of drug-likeness (QED) is 0.871. The maximum Gasteiger partial charge on any atom is 0.222 e. The summed E-state index contributed by atoms with van der Waals surface area (Å²) in [6, 6.07) is 12.1. The van der Waals surface area contributed by atoms with Crippen LogP contribution in [0.3, 0.4) is 0 Å². The van der Waals surface area contributed by atoms with Crippen LogP contribution in [0.2, 0.25) is 0 Å². The van der Waals surface area contributed by atoms with Crippen LogP contribution in [-0.2, 0) is 4.79 Å². The summed E-state index contributed by atoms with van der Waals surface area (Å²) in [6.07, 6.45) is 2.19. The van der Waals surface area contributed by atoms with Gasteiger partial charge in [-0.25, -0.2) is 9.97 Å². The van der Waals surface area contributed by atoms with Crippen molar-refractivity contribution in [1.82, 2.24) is 14.9 Å². The van der Waals surface area contributed by atoms with Crippen LogP contribution in [0.5, 0.6) is 0 Å². The zero-order valence-corrected chi connectivity index (χ0v) is 12.8. The van der Waals surface area contributed by atoms with Crippen molar-refractivity contribution in [3.8, 4) is 11.3 Å².